The molecule has 0 N–H and O–H groups in total. The SMILES string of the molecule is [c]1nnc(SCCN2CCCCC2)s1. The first-order valence-corrected chi connectivity index (χ1v) is 6.80. The van der Waals surface area contributed by atoms with Crippen LogP contribution in [-0.2, 0) is 0 Å². The fourth-order valence-corrected chi connectivity index (χ4v) is 3.11. The number of aromatic nitrogens is 2. The molecule has 2 rings (SSSR count). The lowest BCUT2D eigenvalue weighted by Gasteiger charge is -2.25. The van der Waals surface area contributed by atoms with E-state index in [9.17, 15) is 0 Å². The van der Waals surface area contributed by atoms with Crippen LogP contribution in [0.5, 0.6) is 0 Å². The molecule has 14 heavy (non-hydrogen) atoms. The minimum atomic E-state index is 1.04. The zero-order valence-electron chi connectivity index (χ0n) is 8.11. The van der Waals surface area contributed by atoms with E-state index in [0.717, 1.165) is 10.1 Å². The van der Waals surface area contributed by atoms with Gasteiger partial charge in [-0.3, -0.25) is 0 Å². The normalized spacial score (nSPS) is 18.6. The molecule has 0 spiro atoms. The topological polar surface area (TPSA) is 29.0 Å². The molecule has 1 aromatic rings. The summed E-state index contributed by atoms with van der Waals surface area (Å²) >= 11 is 3.30. The maximum atomic E-state index is 3.96. The third-order valence-electron chi connectivity index (χ3n) is 2.39. The fourth-order valence-electron chi connectivity index (χ4n) is 1.64. The van der Waals surface area contributed by atoms with Crippen LogP contribution in [0.15, 0.2) is 4.34 Å². The summed E-state index contributed by atoms with van der Waals surface area (Å²) in [7, 11) is 0. The van der Waals surface area contributed by atoms with Crippen LogP contribution in [0.3, 0.4) is 0 Å². The molecule has 1 fully saturated rings. The van der Waals surface area contributed by atoms with Crippen LogP contribution < -0.4 is 0 Å². The van der Waals surface area contributed by atoms with Gasteiger partial charge < -0.3 is 4.90 Å². The molecule has 5 heteroatoms. The van der Waals surface area contributed by atoms with E-state index >= 15 is 0 Å². The number of nitrogens with zero attached hydrogens (tertiary/aromatic N) is 3. The van der Waals surface area contributed by atoms with Crippen LogP contribution in [-0.4, -0.2) is 40.5 Å². The van der Waals surface area contributed by atoms with Crippen molar-refractivity contribution in [3.05, 3.63) is 5.51 Å². The van der Waals surface area contributed by atoms with Crippen molar-refractivity contribution in [2.24, 2.45) is 0 Å². The third kappa shape index (κ3) is 3.22. The van der Waals surface area contributed by atoms with Crippen molar-refractivity contribution in [2.45, 2.75) is 23.6 Å². The summed E-state index contributed by atoms with van der Waals surface area (Å²) in [6, 6.07) is 0. The van der Waals surface area contributed by atoms with Gasteiger partial charge in [0, 0.05) is 12.3 Å². The molecule has 77 valence electrons. The average Bonchev–Trinajstić information content (AvgIpc) is 2.72. The van der Waals surface area contributed by atoms with Gasteiger partial charge in [-0.15, -0.1) is 10.2 Å². The van der Waals surface area contributed by atoms with Gasteiger partial charge in [0.1, 0.15) is 0 Å². The quantitative estimate of drug-likeness (QED) is 0.736. The minimum absolute atomic E-state index is 1.04. The molecule has 0 saturated carbocycles. The van der Waals surface area contributed by atoms with E-state index in [1.54, 1.807) is 11.8 Å². The Labute approximate surface area is 92.9 Å². The number of hydrogen-bond acceptors (Lipinski definition) is 5. The monoisotopic (exact) mass is 228 g/mol. The number of piperidine rings is 1. The van der Waals surface area contributed by atoms with E-state index in [2.05, 4.69) is 20.6 Å². The Bertz CT molecular complexity index is 245. The van der Waals surface area contributed by atoms with Gasteiger partial charge in [0.25, 0.3) is 0 Å². The lowest BCUT2D eigenvalue weighted by Crippen LogP contribution is -2.31. The van der Waals surface area contributed by atoms with Crippen LogP contribution in [0.1, 0.15) is 19.3 Å². The van der Waals surface area contributed by atoms with E-state index in [4.69, 9.17) is 0 Å². The summed E-state index contributed by atoms with van der Waals surface area (Å²) in [5.74, 6) is 1.13. The number of thioether (sulfide) groups is 1. The second kappa shape index (κ2) is 5.68. The van der Waals surface area contributed by atoms with E-state index in [1.807, 2.05) is 0 Å². The van der Waals surface area contributed by atoms with Crippen molar-refractivity contribution in [1.82, 2.24) is 15.1 Å². The van der Waals surface area contributed by atoms with Crippen LogP contribution in [0.4, 0.5) is 0 Å². The van der Waals surface area contributed by atoms with Crippen LogP contribution in [0.2, 0.25) is 0 Å². The summed E-state index contributed by atoms with van der Waals surface area (Å²) < 4.78 is 1.04. The molecule has 1 aromatic heterocycles. The Balaban J connectivity index is 1.62. The van der Waals surface area contributed by atoms with Gasteiger partial charge in [0.2, 0.25) is 0 Å². The largest absolute Gasteiger partial charge is 0.303 e. The molecular formula is C9H14N3S2. The van der Waals surface area contributed by atoms with E-state index < -0.39 is 0 Å². The molecule has 0 bridgehead atoms. The Kier molecular flexibility index (Phi) is 4.21. The summed E-state index contributed by atoms with van der Waals surface area (Å²) in [6.07, 6.45) is 4.16. The van der Waals surface area contributed by atoms with Crippen LogP contribution in [0.25, 0.3) is 0 Å². The van der Waals surface area contributed by atoms with Crippen molar-refractivity contribution in [2.75, 3.05) is 25.4 Å². The predicted octanol–water partition coefficient (Wildman–Crippen LogP) is 1.92. The van der Waals surface area contributed by atoms with Gasteiger partial charge in [-0.05, 0) is 25.9 Å². The van der Waals surface area contributed by atoms with Gasteiger partial charge in [-0.1, -0.05) is 29.5 Å². The van der Waals surface area contributed by atoms with Gasteiger partial charge in [-0.25, -0.2) is 0 Å². The molecule has 1 radical (unpaired) electrons. The van der Waals surface area contributed by atoms with Gasteiger partial charge in [-0.2, -0.15) is 0 Å². The van der Waals surface area contributed by atoms with Crippen molar-refractivity contribution in [3.63, 3.8) is 0 Å². The molecule has 0 amide bonds. The Morgan fingerprint density at radius 2 is 2.21 bits per heavy atom. The molecule has 0 aromatic carbocycles. The smallest absolute Gasteiger partial charge is 0.179 e. The first kappa shape index (κ1) is 10.4. The van der Waals surface area contributed by atoms with Crippen LogP contribution in [0, 0.1) is 5.51 Å². The summed E-state index contributed by atoms with van der Waals surface area (Å²) in [6.45, 7) is 3.75. The standard InChI is InChI=1S/C9H14N3S2/c1-2-4-12(5-3-1)6-7-13-9-11-10-8-14-9/h1-7H2. The highest BCUT2D eigenvalue weighted by molar-refractivity contribution is 8.01. The summed E-state index contributed by atoms with van der Waals surface area (Å²) in [5, 5.41) is 7.65. The molecular weight excluding hydrogens is 214 g/mol. The molecule has 0 atom stereocenters. The summed E-state index contributed by atoms with van der Waals surface area (Å²) in [5.41, 5.74) is 2.76. The Morgan fingerprint density at radius 1 is 1.36 bits per heavy atom. The van der Waals surface area contributed by atoms with Crippen molar-refractivity contribution in [1.29, 1.82) is 0 Å². The molecule has 1 aliphatic heterocycles. The average molecular weight is 228 g/mol. The maximum Gasteiger partial charge on any atom is 0.179 e. The maximum absolute atomic E-state index is 3.96. The first-order chi connectivity index (χ1) is 6.95. The van der Waals surface area contributed by atoms with Gasteiger partial charge in [0.15, 0.2) is 9.85 Å². The molecule has 1 aliphatic rings. The third-order valence-corrected chi connectivity index (χ3v) is 4.14. The lowest BCUT2D eigenvalue weighted by molar-refractivity contribution is 0.242. The van der Waals surface area contributed by atoms with E-state index in [0.29, 0.717) is 0 Å². The number of likely N-dealkylation sites (tertiary alicyclic amines) is 1. The number of rotatable bonds is 4. The summed E-state index contributed by atoms with van der Waals surface area (Å²) in [4.78, 5) is 2.54. The minimum Gasteiger partial charge on any atom is -0.303 e. The molecule has 1 saturated heterocycles. The fraction of sp³-hybridized carbons (Fsp3) is 0.778. The van der Waals surface area contributed by atoms with Gasteiger partial charge >= 0.3 is 0 Å². The molecule has 0 aliphatic carbocycles. The number of hydrogen-bond donors (Lipinski definition) is 0. The van der Waals surface area contributed by atoms with Crippen molar-refractivity contribution >= 4 is 23.1 Å². The Morgan fingerprint density at radius 3 is 2.93 bits per heavy atom. The highest BCUT2D eigenvalue weighted by atomic mass is 32.2. The Hall–Kier alpha value is -0.130. The second-order valence-electron chi connectivity index (χ2n) is 3.41. The van der Waals surface area contributed by atoms with E-state index in [1.165, 1.54) is 50.2 Å². The zero-order valence-corrected chi connectivity index (χ0v) is 9.74. The lowest BCUT2D eigenvalue weighted by atomic mass is 10.1. The van der Waals surface area contributed by atoms with Crippen molar-refractivity contribution in [3.8, 4) is 0 Å². The molecule has 2 heterocycles. The highest BCUT2D eigenvalue weighted by Crippen LogP contribution is 2.19. The van der Waals surface area contributed by atoms with E-state index in [-0.39, 0.29) is 0 Å². The van der Waals surface area contributed by atoms with Gasteiger partial charge in [0.05, 0.1) is 0 Å². The van der Waals surface area contributed by atoms with Crippen molar-refractivity contribution < 1.29 is 0 Å². The zero-order chi connectivity index (χ0) is 9.64. The molecule has 0 unspecified atom stereocenters. The molecule has 3 nitrogen and oxygen atoms in total. The van der Waals surface area contributed by atoms with Crippen LogP contribution >= 0.6 is 23.1 Å². The first-order valence-electron chi connectivity index (χ1n) is 5.00. The predicted molar refractivity (Wildman–Crippen MR) is 59.8 cm³/mol. The second-order valence-corrected chi connectivity index (χ2v) is 5.53. The highest BCUT2D eigenvalue weighted by Gasteiger charge is 2.09.